The topological polar surface area (TPSA) is 160 Å². The molecule has 0 saturated carbocycles. The molecule has 0 radical (unpaired) electrons. The summed E-state index contributed by atoms with van der Waals surface area (Å²) in [5.74, 6) is -1.94. The number of carbonyl (C=O) groups excluding carboxylic acids is 3. The smallest absolute Gasteiger partial charge is 0.343 e. The number of benzene rings is 2. The highest BCUT2D eigenvalue weighted by Crippen LogP contribution is 2.16. The van der Waals surface area contributed by atoms with Gasteiger partial charge < -0.3 is 25.2 Å². The van der Waals surface area contributed by atoms with Gasteiger partial charge in [0.25, 0.3) is 5.97 Å². The number of hydrogen-bond acceptors (Lipinski definition) is 7. The number of amidine groups is 1. The van der Waals surface area contributed by atoms with E-state index < -0.39 is 23.5 Å². The Balaban J connectivity index is 0.00000177. The van der Waals surface area contributed by atoms with Crippen LogP contribution >= 0.6 is 0 Å². The molecule has 4 N–H and O–H groups in total. The van der Waals surface area contributed by atoms with Gasteiger partial charge in [-0.2, -0.15) is 0 Å². The number of nitrogens with two attached hydrogens (primary N) is 1. The van der Waals surface area contributed by atoms with Crippen LogP contribution in [0, 0.1) is 5.41 Å². The summed E-state index contributed by atoms with van der Waals surface area (Å²) in [6.45, 7) is 11.7. The Hall–Kier alpha value is -4.73. The Morgan fingerprint density at radius 3 is 1.97 bits per heavy atom. The first-order valence-electron chi connectivity index (χ1n) is 11.9. The normalized spacial score (nSPS) is 10.8. The second kappa shape index (κ2) is 14.9. The number of nitrogens with one attached hydrogen (secondary N) is 1. The van der Waals surface area contributed by atoms with Crippen LogP contribution in [0.1, 0.15) is 56.1 Å². The Kier molecular flexibility index (Phi) is 12.3. The summed E-state index contributed by atoms with van der Waals surface area (Å²) in [6, 6.07) is 12.9. The number of carboxylic acids is 1. The molecule has 2 rings (SSSR count). The van der Waals surface area contributed by atoms with E-state index in [-0.39, 0.29) is 24.8 Å². The molecule has 10 heteroatoms. The molecule has 0 fully saturated rings. The van der Waals surface area contributed by atoms with Crippen molar-refractivity contribution in [2.45, 2.75) is 40.2 Å². The Morgan fingerprint density at radius 2 is 1.51 bits per heavy atom. The zero-order valence-corrected chi connectivity index (χ0v) is 22.8. The molecule has 0 unspecified atom stereocenters. The van der Waals surface area contributed by atoms with E-state index in [0.717, 1.165) is 6.92 Å². The van der Waals surface area contributed by atoms with Crippen LogP contribution in [-0.4, -0.2) is 58.3 Å². The highest BCUT2D eigenvalue weighted by molar-refractivity contribution is 5.99. The summed E-state index contributed by atoms with van der Waals surface area (Å²) in [7, 11) is 0. The molecular weight excluding hydrogens is 502 g/mol. The molecular formula is C29H35N3O7. The van der Waals surface area contributed by atoms with Crippen molar-refractivity contribution >= 4 is 35.7 Å². The van der Waals surface area contributed by atoms with E-state index in [4.69, 9.17) is 30.5 Å². The quantitative estimate of drug-likeness (QED) is 0.108. The molecule has 0 aromatic heterocycles. The third-order valence-corrected chi connectivity index (χ3v) is 4.62. The van der Waals surface area contributed by atoms with Crippen LogP contribution in [0.15, 0.2) is 66.8 Å². The van der Waals surface area contributed by atoms with Crippen LogP contribution in [0.4, 0.5) is 0 Å². The maximum absolute atomic E-state index is 12.9. The van der Waals surface area contributed by atoms with Crippen molar-refractivity contribution in [1.29, 1.82) is 5.41 Å². The number of carbonyl (C=O) groups is 4. The second-order valence-electron chi connectivity index (χ2n) is 9.36. The maximum Gasteiger partial charge on any atom is 0.343 e. The van der Waals surface area contributed by atoms with Crippen LogP contribution in [-0.2, 0) is 19.1 Å². The number of amides is 1. The molecule has 2 aromatic rings. The van der Waals surface area contributed by atoms with E-state index in [1.54, 1.807) is 88.4 Å². The first kappa shape index (κ1) is 32.3. The number of nitrogens with zero attached hydrogens (tertiary/aromatic N) is 1. The minimum Gasteiger partial charge on any atom is -0.481 e. The summed E-state index contributed by atoms with van der Waals surface area (Å²) >= 11 is 0. The fraction of sp³-hybridized carbons (Fsp3) is 0.276. The SMILES string of the molecule is C=CCN(CC(=O)OC(C)(C)C)C(=O)C(C)=Cc1ccc(C(=O)Oc2ccc(C(=N)N)cc2)cc1.CC(=O)O. The zero-order chi connectivity index (χ0) is 29.8. The van der Waals surface area contributed by atoms with Gasteiger partial charge in [-0.1, -0.05) is 18.2 Å². The monoisotopic (exact) mass is 537 g/mol. The fourth-order valence-electron chi connectivity index (χ4n) is 3.05. The van der Waals surface area contributed by atoms with Crippen molar-refractivity contribution in [1.82, 2.24) is 4.90 Å². The highest BCUT2D eigenvalue weighted by atomic mass is 16.6. The molecule has 0 heterocycles. The molecule has 1 amide bonds. The lowest BCUT2D eigenvalue weighted by Gasteiger charge is -2.24. The molecule has 0 aliphatic carbocycles. The molecule has 0 spiro atoms. The van der Waals surface area contributed by atoms with Crippen molar-refractivity contribution in [3.63, 3.8) is 0 Å². The lowest BCUT2D eigenvalue weighted by Crippen LogP contribution is -2.39. The number of aliphatic carboxylic acids is 1. The van der Waals surface area contributed by atoms with Crippen molar-refractivity contribution in [2.24, 2.45) is 5.73 Å². The second-order valence-corrected chi connectivity index (χ2v) is 9.36. The molecule has 0 saturated heterocycles. The van der Waals surface area contributed by atoms with Crippen molar-refractivity contribution in [2.75, 3.05) is 13.1 Å². The molecule has 10 nitrogen and oxygen atoms in total. The highest BCUT2D eigenvalue weighted by Gasteiger charge is 2.22. The molecule has 39 heavy (non-hydrogen) atoms. The average Bonchev–Trinajstić information content (AvgIpc) is 2.82. The predicted octanol–water partition coefficient (Wildman–Crippen LogP) is 4.04. The van der Waals surface area contributed by atoms with Gasteiger partial charge in [-0.25, -0.2) is 4.79 Å². The minimum atomic E-state index is -0.833. The van der Waals surface area contributed by atoms with Crippen LogP contribution in [0.2, 0.25) is 0 Å². The van der Waals surface area contributed by atoms with E-state index in [0.29, 0.717) is 28.0 Å². The zero-order valence-electron chi connectivity index (χ0n) is 22.8. The first-order valence-corrected chi connectivity index (χ1v) is 11.9. The van der Waals surface area contributed by atoms with Gasteiger partial charge in [0.15, 0.2) is 0 Å². The molecule has 2 aromatic carbocycles. The van der Waals surface area contributed by atoms with E-state index in [9.17, 15) is 14.4 Å². The van der Waals surface area contributed by atoms with Gasteiger partial charge in [0.1, 0.15) is 23.7 Å². The average molecular weight is 538 g/mol. The Morgan fingerprint density at radius 1 is 1.00 bits per heavy atom. The third kappa shape index (κ3) is 12.4. The number of esters is 2. The maximum atomic E-state index is 12.9. The van der Waals surface area contributed by atoms with Crippen molar-refractivity contribution in [3.05, 3.63) is 83.4 Å². The van der Waals surface area contributed by atoms with E-state index in [1.165, 1.54) is 4.90 Å². The summed E-state index contributed by atoms with van der Waals surface area (Å²) in [5, 5.41) is 14.8. The number of ether oxygens (including phenoxy) is 2. The predicted molar refractivity (Wildman–Crippen MR) is 148 cm³/mol. The van der Waals surface area contributed by atoms with E-state index in [1.807, 2.05) is 0 Å². The fourth-order valence-corrected chi connectivity index (χ4v) is 3.05. The van der Waals surface area contributed by atoms with Crippen molar-refractivity contribution < 1.29 is 33.8 Å². The van der Waals surface area contributed by atoms with Crippen LogP contribution in [0.3, 0.4) is 0 Å². The summed E-state index contributed by atoms with van der Waals surface area (Å²) in [6.07, 6.45) is 3.22. The van der Waals surface area contributed by atoms with Gasteiger partial charge in [-0.3, -0.25) is 19.8 Å². The van der Waals surface area contributed by atoms with Gasteiger partial charge >= 0.3 is 11.9 Å². The number of rotatable bonds is 9. The van der Waals surface area contributed by atoms with Gasteiger partial charge in [0.2, 0.25) is 5.91 Å². The minimum absolute atomic E-state index is 0.0715. The molecule has 208 valence electrons. The largest absolute Gasteiger partial charge is 0.481 e. The Bertz CT molecular complexity index is 1220. The molecule has 0 bridgehead atoms. The van der Waals surface area contributed by atoms with Gasteiger partial charge in [0, 0.05) is 24.6 Å². The standard InChI is InChI=1S/C27H31N3O5.C2H4O2/c1-6-15-30(17-23(31)35-27(3,4)5)25(32)18(2)16-19-7-9-21(10-8-19)26(33)34-22-13-11-20(12-14-22)24(28)29;1-2(3)4/h6-14,16H,1,15,17H2,2-5H3,(H3,28,29);1H3,(H,3,4). The van der Waals surface area contributed by atoms with E-state index >= 15 is 0 Å². The molecule has 0 aliphatic rings. The van der Waals surface area contributed by atoms with Crippen LogP contribution in [0.25, 0.3) is 6.08 Å². The summed E-state index contributed by atoms with van der Waals surface area (Å²) < 4.78 is 10.7. The number of carboxylic acid groups (broad SMARTS) is 1. The van der Waals surface area contributed by atoms with E-state index in [2.05, 4.69) is 6.58 Å². The molecule has 0 aliphatic heterocycles. The van der Waals surface area contributed by atoms with Crippen LogP contribution < -0.4 is 10.5 Å². The lowest BCUT2D eigenvalue weighted by molar-refractivity contribution is -0.158. The summed E-state index contributed by atoms with van der Waals surface area (Å²) in [4.78, 5) is 47.8. The number of hydrogen-bond donors (Lipinski definition) is 3. The van der Waals surface area contributed by atoms with Gasteiger partial charge in [-0.05, 0) is 75.7 Å². The Labute approximate surface area is 228 Å². The van der Waals surface area contributed by atoms with Crippen LogP contribution in [0.5, 0.6) is 5.75 Å². The van der Waals surface area contributed by atoms with Gasteiger partial charge in [-0.15, -0.1) is 6.58 Å². The van der Waals surface area contributed by atoms with Gasteiger partial charge in [0.05, 0.1) is 5.56 Å². The molecule has 0 atom stereocenters. The lowest BCUT2D eigenvalue weighted by atomic mass is 10.1. The van der Waals surface area contributed by atoms with Crippen molar-refractivity contribution in [3.8, 4) is 5.75 Å². The summed E-state index contributed by atoms with van der Waals surface area (Å²) in [5.41, 5.74) is 6.75. The number of nitrogen functional groups attached to an aromatic ring is 1. The first-order chi connectivity index (χ1) is 18.1. The third-order valence-electron chi connectivity index (χ3n) is 4.62.